The van der Waals surface area contributed by atoms with Gasteiger partial charge in [0.15, 0.2) is 0 Å². The predicted molar refractivity (Wildman–Crippen MR) is 72.6 cm³/mol. The van der Waals surface area contributed by atoms with E-state index in [0.717, 1.165) is 19.8 Å². The Morgan fingerprint density at radius 3 is 2.53 bits per heavy atom. The maximum atomic E-state index is 13.0. The van der Waals surface area contributed by atoms with Gasteiger partial charge < -0.3 is 5.73 Å². The molecule has 17 heavy (non-hydrogen) atoms. The van der Waals surface area contributed by atoms with E-state index < -0.39 is 0 Å². The smallest absolute Gasteiger partial charge is 0.124 e. The zero-order valence-electron chi connectivity index (χ0n) is 8.99. The maximum Gasteiger partial charge on any atom is 0.124 e. The molecule has 0 atom stereocenters. The SMILES string of the molecule is NCc1ccc(Sc2cccc(F)c2)cc1Br. The van der Waals surface area contributed by atoms with Crippen molar-refractivity contribution in [3.63, 3.8) is 0 Å². The first-order chi connectivity index (χ1) is 8.19. The molecule has 0 amide bonds. The molecule has 2 aromatic rings. The minimum atomic E-state index is -0.215. The molecule has 0 heterocycles. The summed E-state index contributed by atoms with van der Waals surface area (Å²) in [6.45, 7) is 0.505. The largest absolute Gasteiger partial charge is 0.326 e. The van der Waals surface area contributed by atoms with Crippen LogP contribution in [-0.4, -0.2) is 0 Å². The second-order valence-corrected chi connectivity index (χ2v) is 5.52. The molecule has 2 N–H and O–H groups in total. The molecule has 0 spiro atoms. The van der Waals surface area contributed by atoms with Gasteiger partial charge in [0.1, 0.15) is 5.82 Å². The zero-order valence-corrected chi connectivity index (χ0v) is 11.4. The lowest BCUT2D eigenvalue weighted by Crippen LogP contribution is -1.96. The summed E-state index contributed by atoms with van der Waals surface area (Å²) in [7, 11) is 0. The third-order valence-corrected chi connectivity index (χ3v) is 3.99. The van der Waals surface area contributed by atoms with Crippen LogP contribution in [0.15, 0.2) is 56.7 Å². The maximum absolute atomic E-state index is 13.0. The molecular weight excluding hydrogens is 301 g/mol. The van der Waals surface area contributed by atoms with E-state index in [0.29, 0.717) is 6.54 Å². The molecule has 0 aliphatic rings. The Balaban J connectivity index is 2.22. The number of halogens is 2. The lowest BCUT2D eigenvalue weighted by molar-refractivity contribution is 0.624. The quantitative estimate of drug-likeness (QED) is 0.919. The number of hydrogen-bond acceptors (Lipinski definition) is 2. The van der Waals surface area contributed by atoms with Gasteiger partial charge >= 0.3 is 0 Å². The van der Waals surface area contributed by atoms with Crippen molar-refractivity contribution in [3.8, 4) is 0 Å². The average molecular weight is 312 g/mol. The molecule has 0 unspecified atom stereocenters. The molecule has 0 bridgehead atoms. The van der Waals surface area contributed by atoms with Crippen molar-refractivity contribution >= 4 is 27.7 Å². The summed E-state index contributed by atoms with van der Waals surface area (Å²) in [5.74, 6) is -0.215. The van der Waals surface area contributed by atoms with Crippen LogP contribution in [0, 0.1) is 5.82 Å². The van der Waals surface area contributed by atoms with Gasteiger partial charge in [0.25, 0.3) is 0 Å². The number of rotatable bonds is 3. The first-order valence-corrected chi connectivity index (χ1v) is 6.72. The van der Waals surface area contributed by atoms with Crippen LogP contribution in [0.2, 0.25) is 0 Å². The first-order valence-electron chi connectivity index (χ1n) is 5.11. The van der Waals surface area contributed by atoms with Crippen molar-refractivity contribution in [1.82, 2.24) is 0 Å². The van der Waals surface area contributed by atoms with Crippen molar-refractivity contribution in [2.45, 2.75) is 16.3 Å². The number of hydrogen-bond donors (Lipinski definition) is 1. The molecular formula is C13H11BrFNS. The van der Waals surface area contributed by atoms with E-state index >= 15 is 0 Å². The molecule has 0 fully saturated rings. The molecule has 88 valence electrons. The molecule has 0 radical (unpaired) electrons. The third kappa shape index (κ3) is 3.31. The lowest BCUT2D eigenvalue weighted by atomic mass is 10.2. The molecule has 2 aromatic carbocycles. The lowest BCUT2D eigenvalue weighted by Gasteiger charge is -2.05. The van der Waals surface area contributed by atoms with Crippen LogP contribution in [0.4, 0.5) is 4.39 Å². The molecule has 2 rings (SSSR count). The highest BCUT2D eigenvalue weighted by atomic mass is 79.9. The van der Waals surface area contributed by atoms with Gasteiger partial charge in [-0.05, 0) is 35.9 Å². The minimum absolute atomic E-state index is 0.215. The van der Waals surface area contributed by atoms with Gasteiger partial charge in [-0.3, -0.25) is 0 Å². The van der Waals surface area contributed by atoms with Crippen LogP contribution >= 0.6 is 27.7 Å². The fourth-order valence-electron chi connectivity index (χ4n) is 1.42. The number of benzene rings is 2. The fraction of sp³-hybridized carbons (Fsp3) is 0.0769. The van der Waals surface area contributed by atoms with Crippen molar-refractivity contribution in [2.24, 2.45) is 5.73 Å². The topological polar surface area (TPSA) is 26.0 Å². The Bertz CT molecular complexity index is 531. The van der Waals surface area contributed by atoms with Crippen LogP contribution in [0.25, 0.3) is 0 Å². The van der Waals surface area contributed by atoms with E-state index in [9.17, 15) is 4.39 Å². The van der Waals surface area contributed by atoms with E-state index in [2.05, 4.69) is 15.9 Å². The predicted octanol–water partition coefficient (Wildman–Crippen LogP) is 4.20. The van der Waals surface area contributed by atoms with Gasteiger partial charge in [-0.25, -0.2) is 4.39 Å². The van der Waals surface area contributed by atoms with Crippen LogP contribution in [-0.2, 0) is 6.54 Å². The summed E-state index contributed by atoms with van der Waals surface area (Å²) >= 11 is 4.99. The summed E-state index contributed by atoms with van der Waals surface area (Å²) in [6.07, 6.45) is 0. The van der Waals surface area contributed by atoms with Crippen molar-refractivity contribution in [2.75, 3.05) is 0 Å². The molecule has 0 aromatic heterocycles. The fourth-order valence-corrected chi connectivity index (χ4v) is 3.02. The Kier molecular flexibility index (Phi) is 4.20. The normalized spacial score (nSPS) is 10.5. The van der Waals surface area contributed by atoms with Crippen molar-refractivity contribution in [3.05, 3.63) is 58.3 Å². The van der Waals surface area contributed by atoms with Gasteiger partial charge in [0.2, 0.25) is 0 Å². The van der Waals surface area contributed by atoms with Gasteiger partial charge in [-0.2, -0.15) is 0 Å². The summed E-state index contributed by atoms with van der Waals surface area (Å²) < 4.78 is 14.0. The molecule has 0 saturated carbocycles. The Labute approximate surface area is 112 Å². The summed E-state index contributed by atoms with van der Waals surface area (Å²) in [6, 6.07) is 12.5. The second-order valence-electron chi connectivity index (χ2n) is 3.52. The van der Waals surface area contributed by atoms with Crippen LogP contribution in [0.5, 0.6) is 0 Å². The van der Waals surface area contributed by atoms with E-state index in [4.69, 9.17) is 5.73 Å². The third-order valence-electron chi connectivity index (χ3n) is 2.28. The van der Waals surface area contributed by atoms with Crippen LogP contribution < -0.4 is 5.73 Å². The molecule has 4 heteroatoms. The second kappa shape index (κ2) is 5.67. The summed E-state index contributed by atoms with van der Waals surface area (Å²) in [5.41, 5.74) is 6.65. The summed E-state index contributed by atoms with van der Waals surface area (Å²) in [5, 5.41) is 0. The standard InChI is InChI=1S/C13H11BrFNS/c14-13-7-12(5-4-9(13)8-16)17-11-3-1-2-10(15)6-11/h1-7H,8,16H2. The number of nitrogens with two attached hydrogens (primary N) is 1. The van der Waals surface area contributed by atoms with Gasteiger partial charge in [0.05, 0.1) is 0 Å². The van der Waals surface area contributed by atoms with Gasteiger partial charge in [-0.15, -0.1) is 0 Å². The highest BCUT2D eigenvalue weighted by molar-refractivity contribution is 9.10. The zero-order chi connectivity index (χ0) is 12.3. The van der Waals surface area contributed by atoms with Crippen LogP contribution in [0.3, 0.4) is 0 Å². The highest BCUT2D eigenvalue weighted by Crippen LogP contribution is 2.31. The first kappa shape index (κ1) is 12.6. The minimum Gasteiger partial charge on any atom is -0.326 e. The van der Waals surface area contributed by atoms with Gasteiger partial charge in [0, 0.05) is 20.8 Å². The monoisotopic (exact) mass is 311 g/mol. The van der Waals surface area contributed by atoms with E-state index in [-0.39, 0.29) is 5.82 Å². The average Bonchev–Trinajstić information content (AvgIpc) is 2.29. The molecule has 0 saturated heterocycles. The molecule has 0 aliphatic heterocycles. The molecule has 0 aliphatic carbocycles. The molecule has 1 nitrogen and oxygen atoms in total. The highest BCUT2D eigenvalue weighted by Gasteiger charge is 2.02. The summed E-state index contributed by atoms with van der Waals surface area (Å²) in [4.78, 5) is 1.94. The Hall–Kier alpha value is -0.840. The van der Waals surface area contributed by atoms with Crippen molar-refractivity contribution in [1.29, 1.82) is 0 Å². The van der Waals surface area contributed by atoms with Crippen LogP contribution in [0.1, 0.15) is 5.56 Å². The Morgan fingerprint density at radius 1 is 1.12 bits per heavy atom. The van der Waals surface area contributed by atoms with Gasteiger partial charge in [-0.1, -0.05) is 39.8 Å². The van der Waals surface area contributed by atoms with Crippen molar-refractivity contribution < 1.29 is 4.39 Å². The Morgan fingerprint density at radius 2 is 1.88 bits per heavy atom. The van der Waals surface area contributed by atoms with E-state index in [1.54, 1.807) is 6.07 Å². The van der Waals surface area contributed by atoms with E-state index in [1.807, 2.05) is 24.3 Å². The van der Waals surface area contributed by atoms with E-state index in [1.165, 1.54) is 23.9 Å².